The number of carboxylic acid groups (broad SMARTS) is 1. The molecule has 3 rings (SSSR count). The first-order valence-electron chi connectivity index (χ1n) is 9.25. The van der Waals surface area contributed by atoms with E-state index in [1.165, 1.54) is 43.0 Å². The van der Waals surface area contributed by atoms with Gasteiger partial charge in [0.05, 0.1) is 27.4 Å². The van der Waals surface area contributed by atoms with Gasteiger partial charge in [-0.05, 0) is 51.0 Å². The third-order valence-electron chi connectivity index (χ3n) is 3.46. The van der Waals surface area contributed by atoms with Gasteiger partial charge in [0.2, 0.25) is 0 Å². The number of alkyl halides is 1. The minimum Gasteiger partial charge on any atom is -0.870 e. The number of hydrogen-bond acceptors (Lipinski definition) is 13. The fraction of sp³-hybridized carbons (Fsp3) is 0.250. The zero-order valence-electron chi connectivity index (χ0n) is 20.5. The molecule has 3 aromatic heterocycles. The van der Waals surface area contributed by atoms with Crippen LogP contribution in [0.4, 0.5) is 0 Å². The van der Waals surface area contributed by atoms with E-state index in [0.717, 1.165) is 27.8 Å². The Kier molecular flexibility index (Phi) is 29.6. The molecule has 0 bridgehead atoms. The van der Waals surface area contributed by atoms with Crippen molar-refractivity contribution in [2.75, 3.05) is 14.2 Å². The minimum absolute atomic E-state index is 0. The summed E-state index contributed by atoms with van der Waals surface area (Å²) in [4.78, 5) is 41.8. The number of esters is 2. The zero-order valence-corrected chi connectivity index (χ0v) is 28.0. The molecule has 0 atom stereocenters. The van der Waals surface area contributed by atoms with Crippen molar-refractivity contribution in [1.82, 2.24) is 0 Å². The van der Waals surface area contributed by atoms with Gasteiger partial charge < -0.3 is 35.5 Å². The molecule has 0 amide bonds. The molecule has 0 saturated heterocycles. The van der Waals surface area contributed by atoms with Gasteiger partial charge in [-0.25, -0.2) is 14.4 Å². The van der Waals surface area contributed by atoms with Crippen molar-refractivity contribution >= 4 is 67.8 Å². The van der Waals surface area contributed by atoms with Gasteiger partial charge in [-0.3, -0.25) is 0 Å². The van der Waals surface area contributed by atoms with Crippen molar-refractivity contribution in [2.45, 2.75) is 18.5 Å². The smallest absolute Gasteiger partial charge is 0.870 e. The summed E-state index contributed by atoms with van der Waals surface area (Å²) in [5, 5.41) is 45.3. The molecule has 1 radical (unpaired) electrons. The number of carbonyl (C=O) groups is 3. The second kappa shape index (κ2) is 25.8. The molecule has 0 aliphatic rings. The normalized spacial score (nSPS) is 8.54. The van der Waals surface area contributed by atoms with Crippen LogP contribution in [0.2, 0.25) is 0 Å². The van der Waals surface area contributed by atoms with E-state index in [1.54, 1.807) is 16.8 Å². The fourth-order valence-electron chi connectivity index (χ4n) is 1.89. The van der Waals surface area contributed by atoms with Crippen LogP contribution in [0.5, 0.6) is 0 Å². The second-order valence-electron chi connectivity index (χ2n) is 5.93. The number of nitrogens with zero attached hydrogens (tertiary/aromatic N) is 1. The van der Waals surface area contributed by atoms with E-state index in [1.807, 2.05) is 11.4 Å². The number of thiophene rings is 3. The Morgan fingerprint density at radius 3 is 1.41 bits per heavy atom. The predicted molar refractivity (Wildman–Crippen MR) is 138 cm³/mol. The number of aliphatic hydroxyl groups is 2. The van der Waals surface area contributed by atoms with Crippen LogP contribution >= 0.6 is 49.9 Å². The van der Waals surface area contributed by atoms with Gasteiger partial charge in [-0.1, -0.05) is 15.9 Å². The van der Waals surface area contributed by atoms with E-state index in [9.17, 15) is 14.4 Å². The summed E-state index contributed by atoms with van der Waals surface area (Å²) in [6.07, 6.45) is 0. The Labute approximate surface area is 280 Å². The van der Waals surface area contributed by atoms with Gasteiger partial charge in [0.1, 0.15) is 14.6 Å². The minimum atomic E-state index is -1.50. The number of hydrogen-bond donors (Lipinski definition) is 4. The SMILES string of the molecule is COC(=O)c1cc(CBr)cs1.COC(=O)c1cc(CO)cs1.O=C(O)c1cc(CO)cs1.O=[N+]([O-])O.[Ag].[Na+].[OH-]. The van der Waals surface area contributed by atoms with Gasteiger partial charge in [0.15, 0.2) is 0 Å². The molecule has 0 aliphatic heterocycles. The third kappa shape index (κ3) is 19.5. The number of rotatable bonds is 6. The van der Waals surface area contributed by atoms with Crippen molar-refractivity contribution in [3.63, 3.8) is 0 Å². The topological polar surface area (TPSA) is 224 Å². The first-order chi connectivity index (χ1) is 17.0. The van der Waals surface area contributed by atoms with E-state index in [0.29, 0.717) is 15.3 Å². The molecule has 0 saturated carbocycles. The maximum atomic E-state index is 10.9. The van der Waals surface area contributed by atoms with Crippen LogP contribution < -0.4 is 29.6 Å². The van der Waals surface area contributed by atoms with E-state index in [-0.39, 0.29) is 87.4 Å². The van der Waals surface area contributed by atoms with Crippen LogP contribution in [0.3, 0.4) is 0 Å². The molecular formula is C20H23AgBrNNaO12S3. The maximum absolute atomic E-state index is 10.9. The zero-order chi connectivity index (χ0) is 27.7. The summed E-state index contributed by atoms with van der Waals surface area (Å²) in [5.41, 5.74) is 2.51. The van der Waals surface area contributed by atoms with Gasteiger partial charge in [0, 0.05) is 27.7 Å². The Balaban J connectivity index is -0.000000213. The van der Waals surface area contributed by atoms with E-state index in [2.05, 4.69) is 25.4 Å². The van der Waals surface area contributed by atoms with Crippen LogP contribution in [0, 0.1) is 10.1 Å². The average molecular weight is 776 g/mol. The Bertz CT molecular complexity index is 1070. The summed E-state index contributed by atoms with van der Waals surface area (Å²) in [5.74, 6) is -1.55. The summed E-state index contributed by atoms with van der Waals surface area (Å²) < 4.78 is 9.03. The molecule has 3 heterocycles. The van der Waals surface area contributed by atoms with Crippen LogP contribution in [0.15, 0.2) is 34.3 Å². The fourth-order valence-corrected chi connectivity index (χ4v) is 4.82. The second-order valence-corrected chi connectivity index (χ2v) is 9.23. The van der Waals surface area contributed by atoms with Crippen molar-refractivity contribution in [1.29, 1.82) is 0 Å². The molecule has 3 aromatic rings. The van der Waals surface area contributed by atoms with Crippen molar-refractivity contribution < 1.29 is 107 Å². The number of halogens is 1. The summed E-state index contributed by atoms with van der Waals surface area (Å²) in [6.45, 7) is -0.128. The van der Waals surface area contributed by atoms with Crippen molar-refractivity contribution in [2.24, 2.45) is 0 Å². The predicted octanol–water partition coefficient (Wildman–Crippen LogP) is 0.872. The van der Waals surface area contributed by atoms with Crippen molar-refractivity contribution in [3.8, 4) is 0 Å². The van der Waals surface area contributed by atoms with Crippen LogP contribution in [-0.2, 0) is 50.4 Å². The Hall–Kier alpha value is -1.19. The van der Waals surface area contributed by atoms with Crippen LogP contribution in [0.25, 0.3) is 0 Å². The van der Waals surface area contributed by atoms with Gasteiger partial charge in [-0.15, -0.1) is 44.1 Å². The summed E-state index contributed by atoms with van der Waals surface area (Å²) in [6, 6.07) is 4.91. The Morgan fingerprint density at radius 1 is 0.872 bits per heavy atom. The summed E-state index contributed by atoms with van der Waals surface area (Å²) >= 11 is 7.09. The Morgan fingerprint density at radius 2 is 1.18 bits per heavy atom. The number of carboxylic acids is 1. The number of carbonyl (C=O) groups excluding carboxylic acids is 2. The maximum Gasteiger partial charge on any atom is 1.00 e. The molecule has 0 aliphatic carbocycles. The number of methoxy groups -OCH3 is 2. The molecule has 0 aromatic carbocycles. The molecular weight excluding hydrogens is 753 g/mol. The molecule has 0 fully saturated rings. The molecule has 39 heavy (non-hydrogen) atoms. The van der Waals surface area contributed by atoms with Gasteiger partial charge in [0.25, 0.3) is 5.09 Å². The monoisotopic (exact) mass is 774 g/mol. The number of aromatic carboxylic acids is 1. The molecule has 13 nitrogen and oxygen atoms in total. The molecule has 0 unspecified atom stereocenters. The first kappa shape index (κ1) is 44.8. The first-order valence-corrected chi connectivity index (χ1v) is 13.0. The van der Waals surface area contributed by atoms with E-state index >= 15 is 0 Å². The van der Waals surface area contributed by atoms with Crippen LogP contribution in [0.1, 0.15) is 45.7 Å². The standard InChI is InChI=1S/C7H7BrO2S.C7H8O3S.C6H6O3S.Ag.HNO3.Na.H2O/c2*1-10-7(9)6-2-5(3-8)4-11-6;7-2-4-1-5(6(8)9)10-3-4;;2-1(3)4;;/h2,4H,3H2,1H3;2,4,8H,3H2,1H3;1,3,7H,2H2,(H,8,9);;(H,2,3,4);;1H2/q;;;;;+1;/p-1. The number of aliphatic hydroxyl groups excluding tert-OH is 2. The molecule has 5 N–H and O–H groups in total. The van der Waals surface area contributed by atoms with Gasteiger partial charge in [-0.2, -0.15) is 0 Å². The van der Waals surface area contributed by atoms with Crippen molar-refractivity contribution in [3.05, 3.63) is 75.8 Å². The van der Waals surface area contributed by atoms with Crippen LogP contribution in [-0.4, -0.2) is 63.2 Å². The van der Waals surface area contributed by atoms with E-state index < -0.39 is 11.1 Å². The average Bonchev–Trinajstić information content (AvgIpc) is 3.63. The number of ether oxygens (including phenoxy) is 2. The third-order valence-corrected chi connectivity index (χ3v) is 7.00. The molecule has 19 heteroatoms. The molecule has 0 spiro atoms. The van der Waals surface area contributed by atoms with E-state index in [4.69, 9.17) is 30.6 Å². The molecule has 217 valence electrons. The van der Waals surface area contributed by atoms with Gasteiger partial charge >= 0.3 is 47.5 Å². The largest absolute Gasteiger partial charge is 1.00 e. The quantitative estimate of drug-likeness (QED) is 0.0901. The summed E-state index contributed by atoms with van der Waals surface area (Å²) in [7, 11) is 2.72.